The van der Waals surface area contributed by atoms with Gasteiger partial charge in [-0.1, -0.05) is 133 Å². The first-order valence-corrected chi connectivity index (χ1v) is 19.4. The minimum Gasteiger partial charge on any atom is -0.357 e. The van der Waals surface area contributed by atoms with Crippen LogP contribution in [0.15, 0.2) is 193 Å². The average molecular weight is 710 g/mol. The fraction of sp³-hybridized carbons (Fsp3) is 0.0400. The van der Waals surface area contributed by atoms with Gasteiger partial charge in [0.15, 0.2) is 0 Å². The van der Waals surface area contributed by atoms with Crippen LogP contribution in [0.4, 0.5) is 5.69 Å². The van der Waals surface area contributed by atoms with Crippen LogP contribution in [0.3, 0.4) is 0 Å². The van der Waals surface area contributed by atoms with Gasteiger partial charge in [-0.2, -0.15) is 0 Å². The molecule has 0 radical (unpaired) electrons. The van der Waals surface area contributed by atoms with Crippen molar-refractivity contribution >= 4 is 61.1 Å². The van der Waals surface area contributed by atoms with E-state index in [2.05, 4.69) is 209 Å². The number of hydrogen-bond donors (Lipinski definition) is 0. The number of para-hydroxylation sites is 3. The topological polar surface area (TPSA) is 13.1 Å². The number of nitrogens with zero attached hydrogens (tertiary/aromatic N) is 3. The van der Waals surface area contributed by atoms with Crippen molar-refractivity contribution in [2.45, 2.75) is 10.3 Å². The first-order valence-electron chi connectivity index (χ1n) is 18.5. The molecule has 0 spiro atoms. The quantitative estimate of drug-likeness (QED) is 0.176. The standard InChI is InChI=1S/C50H35N3S/c1-51-46-27-26-36(30-49(46)54-50(51)37-18-12-16-34(28-37)33-14-4-2-5-15-33)35-17-13-21-39(29-35)53-45-25-11-9-23-41(45)43-31-42-40-22-8-10-24-44(40)52(47(42)32-48(43)53)38-19-6-3-7-20-38/h2-32,50H,1H3. The van der Waals surface area contributed by atoms with Crippen molar-refractivity contribution in [3.8, 4) is 33.6 Å². The smallest absolute Gasteiger partial charge is 0.105 e. The number of aromatic nitrogens is 2. The lowest BCUT2D eigenvalue weighted by Crippen LogP contribution is -2.17. The molecule has 1 aliphatic rings. The lowest BCUT2D eigenvalue weighted by atomic mass is 10.0. The van der Waals surface area contributed by atoms with Gasteiger partial charge in [-0.15, -0.1) is 0 Å². The Bertz CT molecular complexity index is 3050. The summed E-state index contributed by atoms with van der Waals surface area (Å²) in [4.78, 5) is 3.72. The van der Waals surface area contributed by atoms with E-state index in [9.17, 15) is 0 Å². The summed E-state index contributed by atoms with van der Waals surface area (Å²) < 4.78 is 4.86. The predicted octanol–water partition coefficient (Wildman–Crippen LogP) is 13.5. The summed E-state index contributed by atoms with van der Waals surface area (Å²) in [5.41, 5.74) is 14.7. The maximum Gasteiger partial charge on any atom is 0.105 e. The summed E-state index contributed by atoms with van der Waals surface area (Å²) in [5, 5.41) is 5.27. The van der Waals surface area contributed by atoms with E-state index in [0.717, 1.165) is 5.69 Å². The molecular weight excluding hydrogens is 675 g/mol. The van der Waals surface area contributed by atoms with Crippen molar-refractivity contribution in [3.05, 3.63) is 194 Å². The molecule has 256 valence electrons. The number of thioether (sulfide) groups is 1. The predicted molar refractivity (Wildman–Crippen MR) is 229 cm³/mol. The number of benzene rings is 8. The number of anilines is 1. The Kier molecular flexibility index (Phi) is 7.08. The summed E-state index contributed by atoms with van der Waals surface area (Å²) in [5.74, 6) is 0. The van der Waals surface area contributed by atoms with Crippen molar-refractivity contribution in [3.63, 3.8) is 0 Å². The van der Waals surface area contributed by atoms with Gasteiger partial charge >= 0.3 is 0 Å². The molecule has 0 N–H and O–H groups in total. The molecule has 0 aliphatic carbocycles. The Hall–Kier alpha value is -6.49. The van der Waals surface area contributed by atoms with Gasteiger partial charge in [0.1, 0.15) is 5.37 Å². The van der Waals surface area contributed by atoms with E-state index in [4.69, 9.17) is 0 Å². The van der Waals surface area contributed by atoms with Gasteiger partial charge in [0.25, 0.3) is 0 Å². The highest BCUT2D eigenvalue weighted by Gasteiger charge is 2.29. The van der Waals surface area contributed by atoms with Crippen molar-refractivity contribution in [2.24, 2.45) is 0 Å². The largest absolute Gasteiger partial charge is 0.357 e. The van der Waals surface area contributed by atoms with E-state index in [1.165, 1.54) is 87.7 Å². The molecule has 4 heteroatoms. The van der Waals surface area contributed by atoms with E-state index < -0.39 is 0 Å². The molecule has 0 fully saturated rings. The molecule has 0 bridgehead atoms. The highest BCUT2D eigenvalue weighted by Crippen LogP contribution is 2.52. The highest BCUT2D eigenvalue weighted by atomic mass is 32.2. The Morgan fingerprint density at radius 2 is 0.944 bits per heavy atom. The van der Waals surface area contributed by atoms with Crippen molar-refractivity contribution < 1.29 is 0 Å². The van der Waals surface area contributed by atoms with Gasteiger partial charge in [-0.25, -0.2) is 0 Å². The second-order valence-electron chi connectivity index (χ2n) is 14.2. The highest BCUT2D eigenvalue weighted by molar-refractivity contribution is 8.00. The molecule has 1 atom stereocenters. The van der Waals surface area contributed by atoms with Crippen molar-refractivity contribution in [2.75, 3.05) is 11.9 Å². The third-order valence-corrected chi connectivity index (χ3v) is 12.5. The number of hydrogen-bond acceptors (Lipinski definition) is 2. The van der Waals surface area contributed by atoms with Gasteiger partial charge in [-0.05, 0) is 94.5 Å². The van der Waals surface area contributed by atoms with E-state index in [1.54, 1.807) is 0 Å². The van der Waals surface area contributed by atoms with Crippen molar-refractivity contribution in [1.29, 1.82) is 0 Å². The minimum atomic E-state index is 0.214. The summed E-state index contributed by atoms with van der Waals surface area (Å²) in [7, 11) is 2.22. The van der Waals surface area contributed by atoms with Crippen LogP contribution in [0.5, 0.6) is 0 Å². The Morgan fingerprint density at radius 3 is 1.67 bits per heavy atom. The van der Waals surface area contributed by atoms with Gasteiger partial charge in [0, 0.05) is 44.9 Å². The maximum absolute atomic E-state index is 2.45. The third kappa shape index (κ3) is 4.84. The van der Waals surface area contributed by atoms with Crippen LogP contribution >= 0.6 is 11.8 Å². The molecule has 11 rings (SSSR count). The summed E-state index contributed by atoms with van der Waals surface area (Å²) in [6.07, 6.45) is 0. The number of rotatable bonds is 5. The van der Waals surface area contributed by atoms with Crippen LogP contribution < -0.4 is 4.90 Å². The fourth-order valence-electron chi connectivity index (χ4n) is 8.59. The van der Waals surface area contributed by atoms with Crippen LogP contribution in [-0.4, -0.2) is 16.2 Å². The van der Waals surface area contributed by atoms with E-state index in [-0.39, 0.29) is 5.37 Å². The van der Waals surface area contributed by atoms with Gasteiger partial charge < -0.3 is 14.0 Å². The second kappa shape index (κ2) is 12.3. The Labute approximate surface area is 318 Å². The normalized spacial score (nSPS) is 14.1. The third-order valence-electron chi connectivity index (χ3n) is 11.1. The maximum atomic E-state index is 2.45. The molecule has 2 aromatic heterocycles. The molecule has 0 saturated heterocycles. The van der Waals surface area contributed by atoms with Crippen LogP contribution in [0.1, 0.15) is 10.9 Å². The lowest BCUT2D eigenvalue weighted by Gasteiger charge is -2.22. The van der Waals surface area contributed by atoms with Crippen molar-refractivity contribution in [1.82, 2.24) is 9.13 Å². The first-order chi connectivity index (χ1) is 26.7. The molecule has 0 saturated carbocycles. The molecule has 1 aliphatic heterocycles. The Morgan fingerprint density at radius 1 is 0.389 bits per heavy atom. The molecule has 0 amide bonds. The second-order valence-corrected chi connectivity index (χ2v) is 15.4. The van der Waals surface area contributed by atoms with E-state index in [0.29, 0.717) is 0 Å². The molecule has 3 heterocycles. The van der Waals surface area contributed by atoms with Crippen LogP contribution in [0.25, 0.3) is 77.2 Å². The fourth-order valence-corrected chi connectivity index (χ4v) is 9.91. The van der Waals surface area contributed by atoms with Gasteiger partial charge in [-0.3, -0.25) is 0 Å². The summed E-state index contributed by atoms with van der Waals surface area (Å²) in [6.45, 7) is 0. The zero-order valence-electron chi connectivity index (χ0n) is 29.7. The van der Waals surface area contributed by atoms with Gasteiger partial charge in [0.05, 0.1) is 27.8 Å². The molecule has 54 heavy (non-hydrogen) atoms. The summed E-state index contributed by atoms with van der Waals surface area (Å²) >= 11 is 1.94. The van der Waals surface area contributed by atoms with Crippen LogP contribution in [0.2, 0.25) is 0 Å². The van der Waals surface area contributed by atoms with E-state index >= 15 is 0 Å². The average Bonchev–Trinajstić information content (AvgIpc) is 3.87. The summed E-state index contributed by atoms with van der Waals surface area (Å²) in [6, 6.07) is 68.8. The molecule has 10 aromatic rings. The van der Waals surface area contributed by atoms with E-state index in [1.807, 2.05) is 11.8 Å². The Balaban J connectivity index is 1.02. The molecular formula is C50H35N3S. The van der Waals surface area contributed by atoms with Crippen LogP contribution in [-0.2, 0) is 0 Å². The molecule has 8 aromatic carbocycles. The zero-order valence-corrected chi connectivity index (χ0v) is 30.5. The lowest BCUT2D eigenvalue weighted by molar-refractivity contribution is 0.914. The SMILES string of the molecule is CN1c2ccc(-c3cccc(-n4c5ccccc5c5cc6c7ccccc7n(-c7ccccc7)c6cc54)c3)cc2SC1c1cccc(-c2ccccc2)c1. The number of fused-ring (bicyclic) bond motifs is 7. The van der Waals surface area contributed by atoms with Crippen LogP contribution in [0, 0.1) is 0 Å². The minimum absolute atomic E-state index is 0.214. The van der Waals surface area contributed by atoms with Gasteiger partial charge in [0.2, 0.25) is 0 Å². The molecule has 3 nitrogen and oxygen atoms in total. The zero-order chi connectivity index (χ0) is 35.8. The molecule has 1 unspecified atom stereocenters. The monoisotopic (exact) mass is 709 g/mol. The first kappa shape index (κ1) is 31.1.